The molecule has 1 aliphatic rings. The van der Waals surface area contributed by atoms with Crippen LogP contribution >= 0.6 is 0 Å². The molecule has 1 saturated carbocycles. The fourth-order valence-corrected chi connectivity index (χ4v) is 3.79. The predicted molar refractivity (Wildman–Crippen MR) is 126 cm³/mol. The Labute approximate surface area is 198 Å². The van der Waals surface area contributed by atoms with Crippen molar-refractivity contribution in [1.82, 2.24) is 5.32 Å². The number of oxime groups is 1. The van der Waals surface area contributed by atoms with Crippen LogP contribution in [-0.2, 0) is 6.61 Å². The largest absolute Gasteiger partial charge is 0.497 e. The molecule has 0 aliphatic heterocycles. The average Bonchev–Trinajstić information content (AvgIpc) is 2.88. The number of nitrogens with two attached hydrogens (primary N) is 1. The summed E-state index contributed by atoms with van der Waals surface area (Å²) in [5.74, 6) is -1.80. The third-order valence-electron chi connectivity index (χ3n) is 5.73. The van der Waals surface area contributed by atoms with E-state index >= 15 is 0 Å². The highest BCUT2D eigenvalue weighted by atomic mass is 19.1. The molecular weight excluding hydrogens is 444 g/mol. The topological polar surface area (TPSA) is 106 Å². The summed E-state index contributed by atoms with van der Waals surface area (Å²) in [5.41, 5.74) is 6.25. The number of rotatable bonds is 8. The van der Waals surface area contributed by atoms with Gasteiger partial charge in [-0.25, -0.2) is 8.78 Å². The van der Waals surface area contributed by atoms with E-state index in [4.69, 9.17) is 20.4 Å². The van der Waals surface area contributed by atoms with Gasteiger partial charge in [0.1, 0.15) is 18.2 Å². The maximum Gasteiger partial charge on any atom is 0.251 e. The van der Waals surface area contributed by atoms with Crippen molar-refractivity contribution in [3.05, 3.63) is 59.2 Å². The molecule has 0 saturated heterocycles. The quantitative estimate of drug-likeness (QED) is 0.218. The first-order valence-corrected chi connectivity index (χ1v) is 11.4. The van der Waals surface area contributed by atoms with Crippen LogP contribution in [0, 0.1) is 23.5 Å². The van der Waals surface area contributed by atoms with E-state index in [-0.39, 0.29) is 29.8 Å². The zero-order valence-electron chi connectivity index (χ0n) is 19.8. The van der Waals surface area contributed by atoms with Crippen LogP contribution in [-0.4, -0.2) is 30.6 Å². The van der Waals surface area contributed by atoms with E-state index in [0.717, 1.165) is 37.8 Å². The number of nitrogens with zero attached hydrogens (tertiary/aromatic N) is 1. The third kappa shape index (κ3) is 7.33. The highest BCUT2D eigenvalue weighted by Crippen LogP contribution is 2.29. The Balaban J connectivity index is 0.00000199. The number of halogens is 2. The molecule has 0 bridgehead atoms. The Morgan fingerprint density at radius 2 is 1.71 bits per heavy atom. The number of ether oxygens (including phenoxy) is 2. The lowest BCUT2D eigenvalue weighted by Crippen LogP contribution is -2.34. The second kappa shape index (κ2) is 13.4. The Bertz CT molecular complexity index is 936. The number of hydrogen-bond acceptors (Lipinski definition) is 5. The fourth-order valence-electron chi connectivity index (χ4n) is 3.79. The first-order chi connectivity index (χ1) is 16.4. The minimum atomic E-state index is -0.942. The average molecular weight is 478 g/mol. The van der Waals surface area contributed by atoms with Crippen molar-refractivity contribution >= 4 is 11.7 Å². The van der Waals surface area contributed by atoms with Gasteiger partial charge >= 0.3 is 0 Å². The van der Waals surface area contributed by atoms with Crippen LogP contribution in [0.2, 0.25) is 0 Å². The van der Waals surface area contributed by atoms with E-state index in [0.29, 0.717) is 17.9 Å². The number of benzene rings is 2. The molecule has 1 amide bonds. The number of methoxy groups -OCH3 is 1. The number of nitrogens with one attached hydrogen (secondary N) is 1. The zero-order chi connectivity index (χ0) is 25.1. The summed E-state index contributed by atoms with van der Waals surface area (Å²) < 4.78 is 39.2. The van der Waals surface area contributed by atoms with Gasteiger partial charge in [-0.1, -0.05) is 31.1 Å². The Hall–Kier alpha value is -3.36. The van der Waals surface area contributed by atoms with E-state index in [1.807, 2.05) is 13.8 Å². The van der Waals surface area contributed by atoms with Gasteiger partial charge in [0.15, 0.2) is 17.4 Å². The van der Waals surface area contributed by atoms with Gasteiger partial charge in [0, 0.05) is 18.0 Å². The summed E-state index contributed by atoms with van der Waals surface area (Å²) in [7, 11) is 1.54. The molecule has 9 heteroatoms. The van der Waals surface area contributed by atoms with Gasteiger partial charge in [0.2, 0.25) is 0 Å². The number of amides is 1. The van der Waals surface area contributed by atoms with Gasteiger partial charge in [-0.15, -0.1) is 0 Å². The maximum absolute atomic E-state index is 14.4. The first-order valence-electron chi connectivity index (χ1n) is 11.4. The SMILES string of the molecule is CC.COc1ccc(COc2c(F)cc(C(=O)NCC3CCC(/C(N)=N/O)CC3)cc2F)cc1. The van der Waals surface area contributed by atoms with Gasteiger partial charge < -0.3 is 25.7 Å². The monoisotopic (exact) mass is 477 g/mol. The van der Waals surface area contributed by atoms with Crippen molar-refractivity contribution < 1.29 is 28.3 Å². The summed E-state index contributed by atoms with van der Waals surface area (Å²) in [5, 5.41) is 14.5. The Morgan fingerprint density at radius 3 is 2.24 bits per heavy atom. The van der Waals surface area contributed by atoms with Crippen LogP contribution in [0.1, 0.15) is 55.5 Å². The minimum absolute atomic E-state index is 0.0302. The van der Waals surface area contributed by atoms with Crippen molar-refractivity contribution in [2.75, 3.05) is 13.7 Å². The first kappa shape index (κ1) is 26.9. The van der Waals surface area contributed by atoms with Crippen LogP contribution in [0.4, 0.5) is 8.78 Å². The molecule has 0 atom stereocenters. The number of amidine groups is 1. The normalized spacial score (nSPS) is 17.9. The van der Waals surface area contributed by atoms with Crippen LogP contribution in [0.25, 0.3) is 0 Å². The van der Waals surface area contributed by atoms with Crippen molar-refractivity contribution in [2.24, 2.45) is 22.7 Å². The van der Waals surface area contributed by atoms with Gasteiger partial charge in [-0.2, -0.15) is 0 Å². The van der Waals surface area contributed by atoms with E-state index < -0.39 is 23.3 Å². The molecule has 2 aromatic carbocycles. The molecule has 2 aromatic rings. The van der Waals surface area contributed by atoms with E-state index in [2.05, 4.69) is 10.5 Å². The Morgan fingerprint density at radius 1 is 1.12 bits per heavy atom. The molecule has 1 aliphatic carbocycles. The van der Waals surface area contributed by atoms with Crippen molar-refractivity contribution in [2.45, 2.75) is 46.1 Å². The smallest absolute Gasteiger partial charge is 0.251 e. The zero-order valence-corrected chi connectivity index (χ0v) is 19.8. The molecule has 0 heterocycles. The molecule has 0 radical (unpaired) electrons. The summed E-state index contributed by atoms with van der Waals surface area (Å²) >= 11 is 0. The maximum atomic E-state index is 14.4. The molecule has 186 valence electrons. The van der Waals surface area contributed by atoms with Gasteiger partial charge in [0.25, 0.3) is 5.91 Å². The van der Waals surface area contributed by atoms with Crippen molar-refractivity contribution in [3.8, 4) is 11.5 Å². The lowest BCUT2D eigenvalue weighted by Gasteiger charge is -2.27. The molecule has 0 unspecified atom stereocenters. The lowest BCUT2D eigenvalue weighted by molar-refractivity contribution is 0.0941. The number of hydrogen-bond donors (Lipinski definition) is 3. The minimum Gasteiger partial charge on any atom is -0.497 e. The molecule has 4 N–H and O–H groups in total. The van der Waals surface area contributed by atoms with E-state index in [9.17, 15) is 13.6 Å². The van der Waals surface area contributed by atoms with Crippen LogP contribution < -0.4 is 20.5 Å². The molecule has 7 nitrogen and oxygen atoms in total. The highest BCUT2D eigenvalue weighted by Gasteiger charge is 2.25. The number of carbonyl (C=O) groups is 1. The summed E-state index contributed by atoms with van der Waals surface area (Å²) in [4.78, 5) is 12.4. The van der Waals surface area contributed by atoms with Crippen LogP contribution in [0.3, 0.4) is 0 Å². The van der Waals surface area contributed by atoms with Crippen molar-refractivity contribution in [1.29, 1.82) is 0 Å². The Kier molecular flexibility index (Phi) is 10.6. The number of carbonyl (C=O) groups excluding carboxylic acids is 1. The van der Waals surface area contributed by atoms with Crippen LogP contribution in [0.5, 0.6) is 11.5 Å². The molecule has 0 aromatic heterocycles. The molecule has 34 heavy (non-hydrogen) atoms. The van der Waals surface area contributed by atoms with E-state index in [1.165, 1.54) is 0 Å². The third-order valence-corrected chi connectivity index (χ3v) is 5.73. The van der Waals surface area contributed by atoms with Crippen LogP contribution in [0.15, 0.2) is 41.6 Å². The molecule has 0 spiro atoms. The molecule has 3 rings (SSSR count). The second-order valence-corrected chi connectivity index (χ2v) is 7.86. The van der Waals surface area contributed by atoms with Gasteiger partial charge in [-0.05, 0) is 61.4 Å². The predicted octanol–water partition coefficient (Wildman–Crippen LogP) is 4.86. The lowest BCUT2D eigenvalue weighted by atomic mass is 9.81. The standard InChI is InChI=1S/C23H27F2N3O4.C2H6/c1-31-18-8-4-15(5-9-18)13-32-21-19(24)10-17(11-20(21)25)23(29)27-12-14-2-6-16(7-3-14)22(26)28-30;1-2/h4-5,8-11,14,16,30H,2-3,6-7,12-13H2,1H3,(H2,26,28)(H,27,29);1-2H3. The summed E-state index contributed by atoms with van der Waals surface area (Å²) in [6.07, 6.45) is 3.14. The fraction of sp³-hybridized carbons (Fsp3) is 0.440. The van der Waals surface area contributed by atoms with E-state index in [1.54, 1.807) is 31.4 Å². The van der Waals surface area contributed by atoms with Gasteiger partial charge in [-0.3, -0.25) is 4.79 Å². The molecule has 1 fully saturated rings. The highest BCUT2D eigenvalue weighted by molar-refractivity contribution is 5.94. The van der Waals surface area contributed by atoms with Crippen molar-refractivity contribution in [3.63, 3.8) is 0 Å². The molecular formula is C25H33F2N3O4. The summed E-state index contributed by atoms with van der Waals surface area (Å²) in [6.45, 7) is 4.36. The van der Waals surface area contributed by atoms with Gasteiger partial charge in [0.05, 0.1) is 7.11 Å². The summed E-state index contributed by atoms with van der Waals surface area (Å²) in [6, 6.07) is 8.85. The second-order valence-electron chi connectivity index (χ2n) is 7.86.